The van der Waals surface area contributed by atoms with E-state index in [1.165, 1.54) is 0 Å². The molecule has 1 amide bonds. The van der Waals surface area contributed by atoms with Gasteiger partial charge >= 0.3 is 5.97 Å². The van der Waals surface area contributed by atoms with E-state index in [2.05, 4.69) is 10.3 Å². The van der Waals surface area contributed by atoms with Crippen molar-refractivity contribution in [1.29, 1.82) is 0 Å². The first-order chi connectivity index (χ1) is 8.97. The minimum Gasteiger partial charge on any atom is -0.481 e. The van der Waals surface area contributed by atoms with Crippen molar-refractivity contribution < 1.29 is 14.7 Å². The average molecular weight is 282 g/mol. The van der Waals surface area contributed by atoms with Gasteiger partial charge in [0.15, 0.2) is 0 Å². The average Bonchev–Trinajstić information content (AvgIpc) is 2.95. The van der Waals surface area contributed by atoms with Crippen molar-refractivity contribution in [2.24, 2.45) is 11.8 Å². The van der Waals surface area contributed by atoms with Crippen molar-refractivity contribution >= 4 is 23.2 Å². The van der Waals surface area contributed by atoms with Crippen LogP contribution in [0.4, 0.5) is 0 Å². The highest BCUT2D eigenvalue weighted by atomic mass is 32.1. The summed E-state index contributed by atoms with van der Waals surface area (Å²) in [6.07, 6.45) is 1.72. The molecule has 19 heavy (non-hydrogen) atoms. The Balaban J connectivity index is 1.83. The molecule has 1 aliphatic rings. The first kappa shape index (κ1) is 14.0. The van der Waals surface area contributed by atoms with Crippen LogP contribution in [0.2, 0.25) is 0 Å². The van der Waals surface area contributed by atoms with Gasteiger partial charge in [0, 0.05) is 10.8 Å². The van der Waals surface area contributed by atoms with Crippen LogP contribution in [0.1, 0.15) is 34.8 Å². The lowest BCUT2D eigenvalue weighted by Gasteiger charge is -2.09. The molecule has 1 aromatic heterocycles. The summed E-state index contributed by atoms with van der Waals surface area (Å²) >= 11 is 1.58. The lowest BCUT2D eigenvalue weighted by atomic mass is 10.0. The number of nitrogens with zero attached hydrogens (tertiary/aromatic N) is 1. The molecular formula is C13H18N2O3S. The van der Waals surface area contributed by atoms with Crippen LogP contribution < -0.4 is 5.32 Å². The fraction of sp³-hybridized carbons (Fsp3) is 0.615. The van der Waals surface area contributed by atoms with Crippen LogP contribution in [0, 0.1) is 25.7 Å². The molecule has 2 atom stereocenters. The van der Waals surface area contributed by atoms with Crippen molar-refractivity contribution in [2.45, 2.75) is 39.7 Å². The molecule has 1 aliphatic carbocycles. The van der Waals surface area contributed by atoms with E-state index in [-0.39, 0.29) is 17.7 Å². The zero-order chi connectivity index (χ0) is 14.0. The highest BCUT2D eigenvalue weighted by Gasteiger charge is 2.33. The third-order valence-electron chi connectivity index (χ3n) is 3.64. The van der Waals surface area contributed by atoms with Gasteiger partial charge in [0.2, 0.25) is 5.91 Å². The number of aromatic nitrogens is 1. The Morgan fingerprint density at radius 2 is 2.05 bits per heavy atom. The molecule has 104 valence electrons. The summed E-state index contributed by atoms with van der Waals surface area (Å²) < 4.78 is 0. The SMILES string of the molecule is Cc1nc(CNC(=O)[C@H]2CC[C@@H](C(=O)O)C2)sc1C. The van der Waals surface area contributed by atoms with Crippen LogP contribution in [-0.2, 0) is 16.1 Å². The molecule has 1 heterocycles. The van der Waals surface area contributed by atoms with Gasteiger partial charge in [-0.2, -0.15) is 0 Å². The molecule has 0 aromatic carbocycles. The van der Waals surface area contributed by atoms with Gasteiger partial charge in [-0.3, -0.25) is 9.59 Å². The maximum absolute atomic E-state index is 12.0. The molecule has 0 spiro atoms. The summed E-state index contributed by atoms with van der Waals surface area (Å²) in [6, 6.07) is 0. The first-order valence-corrected chi connectivity index (χ1v) is 7.22. The van der Waals surface area contributed by atoms with Crippen molar-refractivity contribution in [1.82, 2.24) is 10.3 Å². The molecule has 1 fully saturated rings. The predicted octanol–water partition coefficient (Wildman–Crippen LogP) is 1.88. The second-order valence-corrected chi connectivity index (χ2v) is 6.30. The molecule has 5 nitrogen and oxygen atoms in total. The van der Waals surface area contributed by atoms with Crippen molar-refractivity contribution in [3.05, 3.63) is 15.6 Å². The van der Waals surface area contributed by atoms with Crippen molar-refractivity contribution in [3.8, 4) is 0 Å². The Kier molecular flexibility index (Phi) is 4.19. The quantitative estimate of drug-likeness (QED) is 0.883. The minimum atomic E-state index is -0.790. The number of amides is 1. The number of hydrogen-bond acceptors (Lipinski definition) is 4. The van der Waals surface area contributed by atoms with E-state index in [1.807, 2.05) is 13.8 Å². The standard InChI is InChI=1S/C13H18N2O3S/c1-7-8(2)19-11(15-7)6-14-12(16)9-3-4-10(5-9)13(17)18/h9-10H,3-6H2,1-2H3,(H,14,16)(H,17,18)/t9-,10+/m0/s1. The molecule has 0 bridgehead atoms. The molecule has 6 heteroatoms. The minimum absolute atomic E-state index is 0.0470. The van der Waals surface area contributed by atoms with Crippen LogP contribution >= 0.6 is 11.3 Å². The second kappa shape index (κ2) is 5.69. The monoisotopic (exact) mass is 282 g/mol. The Morgan fingerprint density at radius 1 is 1.37 bits per heavy atom. The van der Waals surface area contributed by atoms with Gasteiger partial charge in [-0.25, -0.2) is 4.98 Å². The lowest BCUT2D eigenvalue weighted by Crippen LogP contribution is -2.29. The van der Waals surface area contributed by atoms with Crippen LogP contribution in [0.3, 0.4) is 0 Å². The number of aliphatic carboxylic acids is 1. The van der Waals surface area contributed by atoms with Gasteiger partial charge in [-0.1, -0.05) is 0 Å². The fourth-order valence-corrected chi connectivity index (χ4v) is 3.24. The molecule has 0 saturated heterocycles. The first-order valence-electron chi connectivity index (χ1n) is 6.40. The number of hydrogen-bond donors (Lipinski definition) is 2. The number of carbonyl (C=O) groups excluding carboxylic acids is 1. The summed E-state index contributed by atoms with van der Waals surface area (Å²) in [5.41, 5.74) is 1.00. The van der Waals surface area contributed by atoms with Crippen molar-refractivity contribution in [3.63, 3.8) is 0 Å². The number of nitrogens with one attached hydrogen (secondary N) is 1. The topological polar surface area (TPSA) is 79.3 Å². The van der Waals surface area contributed by atoms with E-state index in [0.29, 0.717) is 25.8 Å². The zero-order valence-corrected chi connectivity index (χ0v) is 11.9. The van der Waals surface area contributed by atoms with E-state index < -0.39 is 5.97 Å². The number of carbonyl (C=O) groups is 2. The molecule has 2 N–H and O–H groups in total. The molecule has 0 aliphatic heterocycles. The normalized spacial score (nSPS) is 22.4. The van der Waals surface area contributed by atoms with E-state index in [1.54, 1.807) is 11.3 Å². The molecule has 1 saturated carbocycles. The Bertz CT molecular complexity index is 479. The molecule has 2 rings (SSSR count). The van der Waals surface area contributed by atoms with Crippen LogP contribution in [-0.4, -0.2) is 22.0 Å². The maximum atomic E-state index is 12.0. The molecular weight excluding hydrogens is 264 g/mol. The number of thiazole rings is 1. The molecule has 0 unspecified atom stereocenters. The summed E-state index contributed by atoms with van der Waals surface area (Å²) in [5.74, 6) is -1.36. The van der Waals surface area contributed by atoms with Crippen LogP contribution in [0.5, 0.6) is 0 Å². The molecule has 0 radical (unpaired) electrons. The van der Waals surface area contributed by atoms with Gasteiger partial charge in [0.25, 0.3) is 0 Å². The summed E-state index contributed by atoms with van der Waals surface area (Å²) in [5, 5.41) is 12.7. The summed E-state index contributed by atoms with van der Waals surface area (Å²) in [6.45, 7) is 4.39. The smallest absolute Gasteiger partial charge is 0.306 e. The van der Waals surface area contributed by atoms with Gasteiger partial charge in [-0.05, 0) is 33.1 Å². The highest BCUT2D eigenvalue weighted by Crippen LogP contribution is 2.31. The van der Waals surface area contributed by atoms with Gasteiger partial charge in [0.05, 0.1) is 18.2 Å². The Hall–Kier alpha value is -1.43. The Morgan fingerprint density at radius 3 is 2.58 bits per heavy atom. The third-order valence-corrected chi connectivity index (χ3v) is 4.71. The maximum Gasteiger partial charge on any atom is 0.306 e. The fourth-order valence-electron chi connectivity index (χ4n) is 2.37. The number of carboxylic acids is 1. The van der Waals surface area contributed by atoms with E-state index in [4.69, 9.17) is 5.11 Å². The van der Waals surface area contributed by atoms with E-state index >= 15 is 0 Å². The second-order valence-electron chi connectivity index (χ2n) is 5.01. The lowest BCUT2D eigenvalue weighted by molar-refractivity contribution is -0.141. The highest BCUT2D eigenvalue weighted by molar-refractivity contribution is 7.11. The zero-order valence-electron chi connectivity index (χ0n) is 11.1. The van der Waals surface area contributed by atoms with E-state index in [9.17, 15) is 9.59 Å². The van der Waals surface area contributed by atoms with Crippen molar-refractivity contribution in [2.75, 3.05) is 0 Å². The number of aryl methyl sites for hydroxylation is 2. The summed E-state index contributed by atoms with van der Waals surface area (Å²) in [4.78, 5) is 28.3. The van der Waals surface area contributed by atoms with Gasteiger partial charge in [0.1, 0.15) is 5.01 Å². The Labute approximate surface area is 116 Å². The van der Waals surface area contributed by atoms with E-state index in [0.717, 1.165) is 15.6 Å². The summed E-state index contributed by atoms with van der Waals surface area (Å²) in [7, 11) is 0. The number of rotatable bonds is 4. The molecule has 1 aromatic rings. The largest absolute Gasteiger partial charge is 0.481 e. The number of carboxylic acid groups (broad SMARTS) is 1. The van der Waals surface area contributed by atoms with Gasteiger partial charge < -0.3 is 10.4 Å². The van der Waals surface area contributed by atoms with Crippen LogP contribution in [0.25, 0.3) is 0 Å². The third kappa shape index (κ3) is 3.32. The predicted molar refractivity (Wildman–Crippen MR) is 71.9 cm³/mol. The van der Waals surface area contributed by atoms with Gasteiger partial charge in [-0.15, -0.1) is 11.3 Å². The van der Waals surface area contributed by atoms with Crippen LogP contribution in [0.15, 0.2) is 0 Å².